The van der Waals surface area contributed by atoms with Crippen LogP contribution in [0.5, 0.6) is 0 Å². The van der Waals surface area contributed by atoms with Gasteiger partial charge in [0.1, 0.15) is 0 Å². The summed E-state index contributed by atoms with van der Waals surface area (Å²) in [6.07, 6.45) is 4.62. The monoisotopic (exact) mass is 114 g/mol. The van der Waals surface area contributed by atoms with Crippen LogP contribution in [0, 0.1) is 0 Å². The van der Waals surface area contributed by atoms with Crippen LogP contribution in [0.25, 0.3) is 0 Å². The Balaban J connectivity index is 2.98. The van der Waals surface area contributed by atoms with Crippen LogP contribution in [0.15, 0.2) is 0 Å². The zero-order valence-corrected chi connectivity index (χ0v) is 5.18. The van der Waals surface area contributed by atoms with Gasteiger partial charge in [-0.2, -0.15) is 0 Å². The van der Waals surface area contributed by atoms with Crippen molar-refractivity contribution in [1.29, 1.82) is 0 Å². The second-order valence-corrected chi connectivity index (χ2v) is 1.87. The molecule has 0 unspecified atom stereocenters. The Kier molecular flexibility index (Phi) is 4.56. The maximum atomic E-state index is 9.76. The minimum atomic E-state index is -0.352. The van der Waals surface area contributed by atoms with E-state index in [1.807, 2.05) is 0 Å². The highest BCUT2D eigenvalue weighted by atomic mass is 16.1. The lowest BCUT2D eigenvalue weighted by Gasteiger charge is -1.97. The lowest BCUT2D eigenvalue weighted by molar-refractivity contribution is 0.531. The fourth-order valence-electron chi connectivity index (χ4n) is 0.483. The molecule has 0 bridgehead atoms. The molecule has 0 aliphatic carbocycles. The second-order valence-electron chi connectivity index (χ2n) is 1.87. The Morgan fingerprint density at radius 2 is 2.38 bits per heavy atom. The molecule has 0 aromatic rings. The molecule has 8 heavy (non-hydrogen) atoms. The van der Waals surface area contributed by atoms with Crippen molar-refractivity contribution in [3.05, 3.63) is 0 Å². The van der Waals surface area contributed by atoms with Gasteiger partial charge >= 0.3 is 0 Å². The lowest BCUT2D eigenvalue weighted by atomic mass is 10.1. The van der Waals surface area contributed by atoms with Crippen LogP contribution >= 0.6 is 0 Å². The van der Waals surface area contributed by atoms with Gasteiger partial charge in [-0.15, -0.1) is 0 Å². The minimum Gasteiger partial charge on any atom is -0.321 e. The number of carbonyl (C=O) groups excluding carboxylic acids is 1. The highest BCUT2D eigenvalue weighted by Crippen LogP contribution is 1.94. The zero-order valence-electron chi connectivity index (χ0n) is 5.18. The number of nitrogens with two attached hydrogens (primary N) is 1. The molecule has 0 aromatic heterocycles. The van der Waals surface area contributed by atoms with Crippen molar-refractivity contribution >= 4 is 6.29 Å². The summed E-state index contributed by atoms with van der Waals surface area (Å²) in [6.45, 7) is 2.07. The summed E-state index contributed by atoms with van der Waals surface area (Å²) < 4.78 is 0. The molecule has 0 aliphatic rings. The standard InChI is InChI=1S/C6H12NO/c1-2-3-4-6(7)5-8/h6H,2-4,7H2,1H3/t6-/m1/s1. The minimum absolute atomic E-state index is 0.352. The first-order valence-corrected chi connectivity index (χ1v) is 2.94. The molecule has 47 valence electrons. The van der Waals surface area contributed by atoms with E-state index in [0.717, 1.165) is 19.3 Å². The summed E-state index contributed by atoms with van der Waals surface area (Å²) in [6, 6.07) is -0.352. The van der Waals surface area contributed by atoms with Crippen molar-refractivity contribution in [2.24, 2.45) is 5.73 Å². The van der Waals surface area contributed by atoms with Crippen LogP contribution in [-0.4, -0.2) is 12.3 Å². The van der Waals surface area contributed by atoms with Crippen molar-refractivity contribution in [2.75, 3.05) is 0 Å². The van der Waals surface area contributed by atoms with Crippen molar-refractivity contribution in [3.63, 3.8) is 0 Å². The van der Waals surface area contributed by atoms with E-state index in [4.69, 9.17) is 5.73 Å². The fraction of sp³-hybridized carbons (Fsp3) is 0.833. The first-order chi connectivity index (χ1) is 3.81. The highest BCUT2D eigenvalue weighted by molar-refractivity contribution is 5.57. The molecule has 0 aromatic carbocycles. The zero-order chi connectivity index (χ0) is 6.41. The van der Waals surface area contributed by atoms with E-state index in [-0.39, 0.29) is 6.04 Å². The molecular formula is C6H12NO. The van der Waals surface area contributed by atoms with E-state index in [0.29, 0.717) is 0 Å². The van der Waals surface area contributed by atoms with E-state index < -0.39 is 0 Å². The van der Waals surface area contributed by atoms with Crippen molar-refractivity contribution in [2.45, 2.75) is 32.2 Å². The average Bonchev–Trinajstić information content (AvgIpc) is 1.83. The summed E-state index contributed by atoms with van der Waals surface area (Å²) in [7, 11) is 0. The van der Waals surface area contributed by atoms with Crippen LogP contribution < -0.4 is 5.73 Å². The van der Waals surface area contributed by atoms with Gasteiger partial charge in [0.15, 0.2) is 0 Å². The third kappa shape index (κ3) is 3.81. The van der Waals surface area contributed by atoms with E-state index in [2.05, 4.69) is 6.92 Å². The Morgan fingerprint density at radius 3 is 2.75 bits per heavy atom. The summed E-state index contributed by atoms with van der Waals surface area (Å²) in [5.74, 6) is 0. The Bertz CT molecular complexity index is 63.5. The van der Waals surface area contributed by atoms with Gasteiger partial charge in [-0.3, -0.25) is 4.79 Å². The molecule has 0 amide bonds. The third-order valence-electron chi connectivity index (χ3n) is 1.02. The van der Waals surface area contributed by atoms with Crippen molar-refractivity contribution < 1.29 is 4.79 Å². The van der Waals surface area contributed by atoms with E-state index >= 15 is 0 Å². The van der Waals surface area contributed by atoms with Crippen LogP contribution in [-0.2, 0) is 4.79 Å². The van der Waals surface area contributed by atoms with Gasteiger partial charge in [-0.1, -0.05) is 19.8 Å². The third-order valence-corrected chi connectivity index (χ3v) is 1.02. The number of unbranched alkanes of at least 4 members (excludes halogenated alkanes) is 1. The van der Waals surface area contributed by atoms with Gasteiger partial charge in [0.25, 0.3) is 0 Å². The Labute approximate surface area is 50.1 Å². The lowest BCUT2D eigenvalue weighted by Crippen LogP contribution is -2.20. The molecule has 0 aliphatic heterocycles. The van der Waals surface area contributed by atoms with Crippen LogP contribution in [0.2, 0.25) is 0 Å². The van der Waals surface area contributed by atoms with Crippen molar-refractivity contribution in [1.82, 2.24) is 0 Å². The summed E-state index contributed by atoms with van der Waals surface area (Å²) in [5, 5.41) is 0. The Hall–Kier alpha value is -0.370. The first kappa shape index (κ1) is 7.63. The van der Waals surface area contributed by atoms with Crippen molar-refractivity contribution in [3.8, 4) is 0 Å². The number of rotatable bonds is 4. The molecule has 0 fully saturated rings. The van der Waals surface area contributed by atoms with Crippen LogP contribution in [0.4, 0.5) is 0 Å². The van der Waals surface area contributed by atoms with Gasteiger partial charge in [-0.25, -0.2) is 0 Å². The van der Waals surface area contributed by atoms with Gasteiger partial charge in [0.05, 0.1) is 6.04 Å². The molecular weight excluding hydrogens is 102 g/mol. The Morgan fingerprint density at radius 1 is 1.75 bits per heavy atom. The quantitative estimate of drug-likeness (QED) is 0.582. The molecule has 0 spiro atoms. The SMILES string of the molecule is CCCC[C@@H](N)[C]=O. The summed E-state index contributed by atoms with van der Waals surface area (Å²) >= 11 is 0. The summed E-state index contributed by atoms with van der Waals surface area (Å²) in [4.78, 5) is 9.76. The van der Waals surface area contributed by atoms with Gasteiger partial charge < -0.3 is 5.73 Å². The van der Waals surface area contributed by atoms with E-state index in [1.165, 1.54) is 0 Å². The van der Waals surface area contributed by atoms with E-state index in [9.17, 15) is 4.79 Å². The second kappa shape index (κ2) is 4.78. The largest absolute Gasteiger partial charge is 0.321 e. The normalized spacial score (nSPS) is 13.2. The molecule has 1 radical (unpaired) electrons. The maximum Gasteiger partial charge on any atom is 0.216 e. The fourth-order valence-corrected chi connectivity index (χ4v) is 0.483. The number of hydrogen-bond donors (Lipinski definition) is 1. The van der Waals surface area contributed by atoms with Gasteiger partial charge in [-0.05, 0) is 6.42 Å². The predicted octanol–water partition coefficient (Wildman–Crippen LogP) is 0.614. The van der Waals surface area contributed by atoms with Gasteiger partial charge in [0, 0.05) is 0 Å². The van der Waals surface area contributed by atoms with Gasteiger partial charge in [0.2, 0.25) is 6.29 Å². The predicted molar refractivity (Wildman–Crippen MR) is 33.2 cm³/mol. The molecule has 0 saturated carbocycles. The molecule has 2 heteroatoms. The summed E-state index contributed by atoms with van der Waals surface area (Å²) in [5.41, 5.74) is 5.24. The highest BCUT2D eigenvalue weighted by Gasteiger charge is 1.97. The van der Waals surface area contributed by atoms with Crippen LogP contribution in [0.3, 0.4) is 0 Å². The first-order valence-electron chi connectivity index (χ1n) is 2.94. The molecule has 2 nitrogen and oxygen atoms in total. The molecule has 1 atom stereocenters. The molecule has 0 rings (SSSR count). The van der Waals surface area contributed by atoms with E-state index in [1.54, 1.807) is 6.29 Å². The maximum absolute atomic E-state index is 9.76. The average molecular weight is 114 g/mol. The van der Waals surface area contributed by atoms with Crippen LogP contribution in [0.1, 0.15) is 26.2 Å². The smallest absolute Gasteiger partial charge is 0.216 e. The molecule has 0 heterocycles. The number of hydrogen-bond acceptors (Lipinski definition) is 2. The molecule has 2 N–H and O–H groups in total. The molecule has 0 saturated heterocycles. The topological polar surface area (TPSA) is 43.1 Å².